The van der Waals surface area contributed by atoms with Crippen LogP contribution >= 0.6 is 23.0 Å². The molecule has 0 spiro atoms. The zero-order valence-electron chi connectivity index (χ0n) is 8.12. The Labute approximate surface area is 100 Å². The smallest absolute Gasteiger partial charge is 0.291 e. The van der Waals surface area contributed by atoms with Gasteiger partial charge in [0.1, 0.15) is 35.2 Å². The molecule has 2 atom stereocenters. The SMILES string of the molecule is C[C@@H](O)C(=O)N1CC[C@@H](OI)C(F)(F)C1. The van der Waals surface area contributed by atoms with Crippen molar-refractivity contribution in [1.29, 1.82) is 0 Å². The lowest BCUT2D eigenvalue weighted by atomic mass is 10.0. The van der Waals surface area contributed by atoms with Crippen LogP contribution in [0.4, 0.5) is 8.78 Å². The number of nitrogens with zero attached hydrogens (tertiary/aromatic N) is 1. The summed E-state index contributed by atoms with van der Waals surface area (Å²) < 4.78 is 31.3. The van der Waals surface area contributed by atoms with Gasteiger partial charge in [0.2, 0.25) is 0 Å². The van der Waals surface area contributed by atoms with Crippen molar-refractivity contribution in [2.24, 2.45) is 0 Å². The molecule has 15 heavy (non-hydrogen) atoms. The summed E-state index contributed by atoms with van der Waals surface area (Å²) in [4.78, 5) is 12.2. The molecule has 0 aromatic rings. The third-order valence-electron chi connectivity index (χ3n) is 2.31. The molecule has 0 aliphatic carbocycles. The van der Waals surface area contributed by atoms with E-state index < -0.39 is 30.6 Å². The summed E-state index contributed by atoms with van der Waals surface area (Å²) in [6.07, 6.45) is -2.32. The van der Waals surface area contributed by atoms with E-state index in [1.807, 2.05) is 0 Å². The molecule has 1 heterocycles. The Morgan fingerprint density at radius 2 is 2.33 bits per heavy atom. The Hall–Kier alpha value is -0.0200. The number of piperidine rings is 1. The summed E-state index contributed by atoms with van der Waals surface area (Å²) in [5.74, 6) is -3.72. The molecule has 0 saturated carbocycles. The van der Waals surface area contributed by atoms with E-state index in [9.17, 15) is 13.6 Å². The molecule has 0 aromatic heterocycles. The number of hydrogen-bond acceptors (Lipinski definition) is 3. The van der Waals surface area contributed by atoms with Crippen LogP contribution in [0.2, 0.25) is 0 Å². The fourth-order valence-electron chi connectivity index (χ4n) is 1.48. The maximum absolute atomic E-state index is 13.3. The number of carbonyl (C=O) groups excluding carboxylic acids is 1. The Bertz CT molecular complexity index is 250. The van der Waals surface area contributed by atoms with Gasteiger partial charge >= 0.3 is 0 Å². The lowest BCUT2D eigenvalue weighted by Crippen LogP contribution is -2.55. The minimum atomic E-state index is -3.05. The second-order valence-corrected chi connectivity index (χ2v) is 4.07. The Morgan fingerprint density at radius 3 is 2.73 bits per heavy atom. The minimum absolute atomic E-state index is 0.0778. The van der Waals surface area contributed by atoms with Crippen LogP contribution in [0.3, 0.4) is 0 Å². The van der Waals surface area contributed by atoms with Gasteiger partial charge in [-0.25, -0.2) is 8.78 Å². The highest BCUT2D eigenvalue weighted by Crippen LogP contribution is 2.31. The first kappa shape index (κ1) is 13.0. The molecule has 1 aliphatic heterocycles. The monoisotopic (exact) mass is 335 g/mol. The number of halogens is 3. The van der Waals surface area contributed by atoms with Gasteiger partial charge in [0, 0.05) is 6.54 Å². The minimum Gasteiger partial charge on any atom is -0.384 e. The molecule has 7 heteroatoms. The third kappa shape index (κ3) is 2.97. The van der Waals surface area contributed by atoms with Gasteiger partial charge in [-0.05, 0) is 13.3 Å². The molecule has 1 amide bonds. The number of aliphatic hydroxyl groups is 1. The van der Waals surface area contributed by atoms with Crippen LogP contribution in [0, 0.1) is 0 Å². The van der Waals surface area contributed by atoms with Gasteiger partial charge in [-0.2, -0.15) is 0 Å². The molecule has 1 aliphatic rings. The fourth-order valence-corrected chi connectivity index (χ4v) is 2.11. The van der Waals surface area contributed by atoms with Crippen molar-refractivity contribution < 1.29 is 21.7 Å². The van der Waals surface area contributed by atoms with Gasteiger partial charge in [0.15, 0.2) is 0 Å². The highest BCUT2D eigenvalue weighted by Gasteiger charge is 2.47. The topological polar surface area (TPSA) is 49.8 Å². The van der Waals surface area contributed by atoms with E-state index in [1.165, 1.54) is 29.9 Å². The molecule has 1 rings (SSSR count). The summed E-state index contributed by atoms with van der Waals surface area (Å²) >= 11 is 1.44. The second-order valence-electron chi connectivity index (χ2n) is 3.56. The van der Waals surface area contributed by atoms with Crippen LogP contribution in [0.5, 0.6) is 0 Å². The Kier molecular flexibility index (Phi) is 4.24. The molecule has 1 fully saturated rings. The first-order valence-corrected chi connectivity index (χ1v) is 5.38. The van der Waals surface area contributed by atoms with E-state index in [-0.39, 0.29) is 13.0 Å². The summed E-state index contributed by atoms with van der Waals surface area (Å²) in [6, 6.07) is 0. The predicted molar refractivity (Wildman–Crippen MR) is 56.7 cm³/mol. The average molecular weight is 335 g/mol. The highest BCUT2D eigenvalue weighted by molar-refractivity contribution is 14.1. The van der Waals surface area contributed by atoms with Crippen molar-refractivity contribution in [3.63, 3.8) is 0 Å². The van der Waals surface area contributed by atoms with Crippen LogP contribution in [-0.2, 0) is 7.86 Å². The number of alkyl halides is 2. The van der Waals surface area contributed by atoms with E-state index in [2.05, 4.69) is 3.07 Å². The lowest BCUT2D eigenvalue weighted by molar-refractivity contribution is -0.161. The number of rotatable bonds is 2. The second kappa shape index (κ2) is 4.88. The first-order chi connectivity index (χ1) is 6.88. The zero-order valence-corrected chi connectivity index (χ0v) is 10.3. The summed E-state index contributed by atoms with van der Waals surface area (Å²) in [7, 11) is 0. The molecule has 1 saturated heterocycles. The third-order valence-corrected chi connectivity index (χ3v) is 2.92. The maximum Gasteiger partial charge on any atom is 0.291 e. The van der Waals surface area contributed by atoms with Gasteiger partial charge in [-0.15, -0.1) is 0 Å². The largest absolute Gasteiger partial charge is 0.384 e. The Balaban J connectivity index is 2.66. The van der Waals surface area contributed by atoms with Crippen molar-refractivity contribution in [2.75, 3.05) is 13.1 Å². The molecule has 0 radical (unpaired) electrons. The van der Waals surface area contributed by atoms with Gasteiger partial charge in [-0.3, -0.25) is 4.79 Å². The number of aliphatic hydroxyl groups excluding tert-OH is 1. The number of amides is 1. The predicted octanol–water partition coefficient (Wildman–Crippen LogP) is 0.970. The number of hydrogen-bond donors (Lipinski definition) is 1. The number of carbonyl (C=O) groups is 1. The average Bonchev–Trinajstić information content (AvgIpc) is 2.15. The molecule has 4 nitrogen and oxygen atoms in total. The van der Waals surface area contributed by atoms with E-state index in [4.69, 9.17) is 5.11 Å². The van der Waals surface area contributed by atoms with Crippen molar-refractivity contribution in [1.82, 2.24) is 4.90 Å². The summed E-state index contributed by atoms with van der Waals surface area (Å²) in [5.41, 5.74) is 0. The molecule has 0 bridgehead atoms. The van der Waals surface area contributed by atoms with Crippen LogP contribution in [0.1, 0.15) is 13.3 Å². The van der Waals surface area contributed by atoms with Crippen LogP contribution < -0.4 is 0 Å². The quantitative estimate of drug-likeness (QED) is 0.765. The van der Waals surface area contributed by atoms with Crippen molar-refractivity contribution in [2.45, 2.75) is 31.5 Å². The van der Waals surface area contributed by atoms with Crippen molar-refractivity contribution in [3.05, 3.63) is 0 Å². The highest BCUT2D eigenvalue weighted by atomic mass is 127. The van der Waals surface area contributed by atoms with Gasteiger partial charge < -0.3 is 13.1 Å². The molecule has 88 valence electrons. The van der Waals surface area contributed by atoms with Crippen molar-refractivity contribution >= 4 is 28.9 Å². The zero-order chi connectivity index (χ0) is 11.6. The first-order valence-electron chi connectivity index (χ1n) is 4.50. The van der Waals surface area contributed by atoms with E-state index >= 15 is 0 Å². The van der Waals surface area contributed by atoms with E-state index in [0.717, 1.165) is 4.90 Å². The Morgan fingerprint density at radius 1 is 1.73 bits per heavy atom. The summed E-state index contributed by atoms with van der Waals surface area (Å²) in [5, 5.41) is 9.00. The van der Waals surface area contributed by atoms with Gasteiger partial charge in [-0.1, -0.05) is 0 Å². The normalized spacial score (nSPS) is 27.5. The lowest BCUT2D eigenvalue weighted by Gasteiger charge is -2.37. The van der Waals surface area contributed by atoms with Gasteiger partial charge in [0.05, 0.1) is 6.54 Å². The molecule has 0 unspecified atom stereocenters. The van der Waals surface area contributed by atoms with Gasteiger partial charge in [0.25, 0.3) is 11.8 Å². The van der Waals surface area contributed by atoms with Crippen LogP contribution in [0.15, 0.2) is 0 Å². The van der Waals surface area contributed by atoms with E-state index in [0.29, 0.717) is 0 Å². The maximum atomic E-state index is 13.3. The molecule has 0 aromatic carbocycles. The van der Waals surface area contributed by atoms with Crippen LogP contribution in [0.25, 0.3) is 0 Å². The van der Waals surface area contributed by atoms with Crippen LogP contribution in [-0.4, -0.2) is 47.1 Å². The summed E-state index contributed by atoms with van der Waals surface area (Å²) in [6.45, 7) is 0.763. The molecule has 1 N–H and O–H groups in total. The molecular weight excluding hydrogens is 323 g/mol. The standard InChI is InChI=1S/C8H12F2INO3/c1-5(13)7(14)12-3-2-6(15-11)8(9,10)4-12/h5-6,13H,2-4H2,1H3/t5-,6-/m1/s1. The van der Waals surface area contributed by atoms with Crippen molar-refractivity contribution in [3.8, 4) is 0 Å². The van der Waals surface area contributed by atoms with E-state index in [1.54, 1.807) is 0 Å². The fraction of sp³-hybridized carbons (Fsp3) is 0.875. The number of likely N-dealkylation sites (tertiary alicyclic amines) is 1. The molecular formula is C8H12F2INO3.